The van der Waals surface area contributed by atoms with Crippen LogP contribution in [0.5, 0.6) is 0 Å². The molecule has 1 fully saturated rings. The predicted octanol–water partition coefficient (Wildman–Crippen LogP) is 1.38. The second-order valence-electron chi connectivity index (χ2n) is 4.65. The fourth-order valence-electron chi connectivity index (χ4n) is 2.12. The molecule has 0 aliphatic carbocycles. The minimum Gasteiger partial charge on any atom is -0.301 e. The van der Waals surface area contributed by atoms with Gasteiger partial charge in [0.15, 0.2) is 0 Å². The first kappa shape index (κ1) is 14.5. The second-order valence-corrected chi connectivity index (χ2v) is 6.30. The Kier molecular flexibility index (Phi) is 5.33. The van der Waals surface area contributed by atoms with Gasteiger partial charge in [-0.25, -0.2) is 8.42 Å². The average molecular weight is 284 g/mol. The van der Waals surface area contributed by atoms with E-state index in [2.05, 4.69) is 9.79 Å². The van der Waals surface area contributed by atoms with E-state index in [1.807, 2.05) is 0 Å². The van der Waals surface area contributed by atoms with Crippen molar-refractivity contribution in [2.45, 2.75) is 24.2 Å². The van der Waals surface area contributed by atoms with Gasteiger partial charge in [0.1, 0.15) is 0 Å². The zero-order valence-corrected chi connectivity index (χ0v) is 11.7. The molecule has 1 aromatic rings. The van der Waals surface area contributed by atoms with Crippen LogP contribution in [0.2, 0.25) is 0 Å². The lowest BCUT2D eigenvalue weighted by atomic mass is 10.1. The normalized spacial score (nSPS) is 17.5. The largest absolute Gasteiger partial charge is 0.301 e. The molecule has 0 amide bonds. The first-order chi connectivity index (χ1) is 9.18. The fraction of sp³-hybridized carbons (Fsp3) is 0.538. The van der Waals surface area contributed by atoms with Gasteiger partial charge in [-0.1, -0.05) is 29.5 Å². The van der Waals surface area contributed by atoms with Crippen molar-refractivity contribution in [1.82, 2.24) is 9.79 Å². The summed E-state index contributed by atoms with van der Waals surface area (Å²) in [5, 5.41) is 0. The second kappa shape index (κ2) is 7.00. The molecule has 0 radical (unpaired) electrons. The maximum Gasteiger partial charge on any atom is 0.262 e. The van der Waals surface area contributed by atoms with Crippen molar-refractivity contribution in [2.75, 3.05) is 26.2 Å². The molecule has 1 aliphatic heterocycles. The number of nitrogens with zero attached hydrogens (tertiary/aromatic N) is 1. The first-order valence-electron chi connectivity index (χ1n) is 6.59. The van der Waals surface area contributed by atoms with Crippen LogP contribution in [0.25, 0.3) is 0 Å². The molecule has 0 bridgehead atoms. The van der Waals surface area contributed by atoms with E-state index in [1.54, 1.807) is 18.2 Å². The Morgan fingerprint density at radius 3 is 2.47 bits per heavy atom. The Balaban J connectivity index is 1.73. The van der Waals surface area contributed by atoms with Crippen LogP contribution < -0.4 is 4.89 Å². The standard InChI is InChI=1S/C13H20N2O3S/c16-19(17,13-7-3-1-4-8-13)14-18-12-11-15-9-5-2-6-10-15/h1,3-4,7-8,14H,2,5-6,9-12H2. The molecule has 5 nitrogen and oxygen atoms in total. The quantitative estimate of drug-likeness (QED) is 0.633. The molecule has 1 aliphatic rings. The lowest BCUT2D eigenvalue weighted by Crippen LogP contribution is -2.35. The van der Waals surface area contributed by atoms with Gasteiger partial charge in [-0.2, -0.15) is 0 Å². The number of hydrogen-bond donors (Lipinski definition) is 1. The van der Waals surface area contributed by atoms with Crippen molar-refractivity contribution < 1.29 is 13.3 Å². The van der Waals surface area contributed by atoms with Gasteiger partial charge in [-0.15, -0.1) is 0 Å². The summed E-state index contributed by atoms with van der Waals surface area (Å²) in [4.78, 5) is 9.74. The zero-order valence-electron chi connectivity index (χ0n) is 10.9. The SMILES string of the molecule is O=S(=O)(NOCCN1CCCCC1)c1ccccc1. The van der Waals surface area contributed by atoms with Gasteiger partial charge in [0, 0.05) is 6.54 Å². The molecule has 19 heavy (non-hydrogen) atoms. The molecule has 1 N–H and O–H groups in total. The van der Waals surface area contributed by atoms with Gasteiger partial charge in [-0.3, -0.25) is 4.84 Å². The number of piperidine rings is 1. The Morgan fingerprint density at radius 1 is 1.11 bits per heavy atom. The number of rotatable bonds is 6. The monoisotopic (exact) mass is 284 g/mol. The van der Waals surface area contributed by atoms with Gasteiger partial charge >= 0.3 is 0 Å². The van der Waals surface area contributed by atoms with Crippen molar-refractivity contribution >= 4 is 10.0 Å². The molecule has 0 saturated carbocycles. The van der Waals surface area contributed by atoms with Crippen LogP contribution in [-0.4, -0.2) is 39.6 Å². The van der Waals surface area contributed by atoms with Crippen molar-refractivity contribution in [3.63, 3.8) is 0 Å². The van der Waals surface area contributed by atoms with Crippen LogP contribution in [0.3, 0.4) is 0 Å². The summed E-state index contributed by atoms with van der Waals surface area (Å²) in [6, 6.07) is 8.22. The van der Waals surface area contributed by atoms with E-state index in [1.165, 1.54) is 31.4 Å². The number of likely N-dealkylation sites (tertiary alicyclic amines) is 1. The summed E-state index contributed by atoms with van der Waals surface area (Å²) in [5.74, 6) is 0. The van der Waals surface area contributed by atoms with Crippen LogP contribution in [-0.2, 0) is 14.9 Å². The van der Waals surface area contributed by atoms with Gasteiger partial charge < -0.3 is 4.90 Å². The zero-order chi connectivity index (χ0) is 13.6. The van der Waals surface area contributed by atoms with Crippen LogP contribution in [0.4, 0.5) is 0 Å². The molecular formula is C13H20N2O3S. The van der Waals surface area contributed by atoms with Crippen LogP contribution >= 0.6 is 0 Å². The van der Waals surface area contributed by atoms with E-state index in [4.69, 9.17) is 4.84 Å². The fourth-order valence-corrected chi connectivity index (χ4v) is 2.97. The third-order valence-electron chi connectivity index (χ3n) is 3.18. The third kappa shape index (κ3) is 4.58. The molecule has 0 spiro atoms. The predicted molar refractivity (Wildman–Crippen MR) is 73.0 cm³/mol. The van der Waals surface area contributed by atoms with Crippen LogP contribution in [0, 0.1) is 0 Å². The van der Waals surface area contributed by atoms with E-state index < -0.39 is 10.0 Å². The molecule has 0 unspecified atom stereocenters. The Hall–Kier alpha value is -0.950. The topological polar surface area (TPSA) is 58.6 Å². The summed E-state index contributed by atoms with van der Waals surface area (Å²) in [5.41, 5.74) is 0. The summed E-state index contributed by atoms with van der Waals surface area (Å²) in [6.07, 6.45) is 3.73. The summed E-state index contributed by atoms with van der Waals surface area (Å²) in [7, 11) is -3.55. The molecule has 2 rings (SSSR count). The van der Waals surface area contributed by atoms with E-state index in [-0.39, 0.29) is 4.90 Å². The molecule has 6 heteroatoms. The highest BCUT2D eigenvalue weighted by Gasteiger charge is 2.14. The molecule has 1 heterocycles. The Bertz CT molecular complexity index is 470. The van der Waals surface area contributed by atoms with Crippen molar-refractivity contribution in [3.8, 4) is 0 Å². The number of nitrogens with one attached hydrogen (secondary N) is 1. The Morgan fingerprint density at radius 2 is 1.79 bits per heavy atom. The van der Waals surface area contributed by atoms with Crippen LogP contribution in [0.15, 0.2) is 35.2 Å². The first-order valence-corrected chi connectivity index (χ1v) is 8.08. The minimum absolute atomic E-state index is 0.216. The van der Waals surface area contributed by atoms with Crippen molar-refractivity contribution in [1.29, 1.82) is 0 Å². The molecule has 1 saturated heterocycles. The lowest BCUT2D eigenvalue weighted by molar-refractivity contribution is 0.0656. The number of benzene rings is 1. The average Bonchev–Trinajstić information content (AvgIpc) is 2.46. The number of hydrogen-bond acceptors (Lipinski definition) is 4. The van der Waals surface area contributed by atoms with E-state index in [0.29, 0.717) is 6.61 Å². The Labute approximate surface area is 114 Å². The van der Waals surface area contributed by atoms with Crippen molar-refractivity contribution in [2.24, 2.45) is 0 Å². The lowest BCUT2D eigenvalue weighted by Gasteiger charge is -2.25. The summed E-state index contributed by atoms with van der Waals surface area (Å²) in [6.45, 7) is 3.28. The molecular weight excluding hydrogens is 264 g/mol. The summed E-state index contributed by atoms with van der Waals surface area (Å²) >= 11 is 0. The highest BCUT2D eigenvalue weighted by Crippen LogP contribution is 2.08. The van der Waals surface area contributed by atoms with E-state index in [9.17, 15) is 8.42 Å². The van der Waals surface area contributed by atoms with Gasteiger partial charge in [0.2, 0.25) is 0 Å². The molecule has 106 valence electrons. The molecule has 0 atom stereocenters. The smallest absolute Gasteiger partial charge is 0.262 e. The summed E-state index contributed by atoms with van der Waals surface area (Å²) < 4.78 is 23.7. The van der Waals surface area contributed by atoms with E-state index >= 15 is 0 Å². The maximum absolute atomic E-state index is 11.8. The van der Waals surface area contributed by atoms with Crippen molar-refractivity contribution in [3.05, 3.63) is 30.3 Å². The van der Waals surface area contributed by atoms with E-state index in [0.717, 1.165) is 19.6 Å². The highest BCUT2D eigenvalue weighted by molar-refractivity contribution is 7.89. The van der Waals surface area contributed by atoms with Gasteiger partial charge in [-0.05, 0) is 38.1 Å². The number of sulfonamides is 1. The van der Waals surface area contributed by atoms with Gasteiger partial charge in [0.05, 0.1) is 11.5 Å². The minimum atomic E-state index is -3.55. The van der Waals surface area contributed by atoms with Gasteiger partial charge in [0.25, 0.3) is 10.0 Å². The maximum atomic E-state index is 11.8. The third-order valence-corrected chi connectivity index (χ3v) is 4.41. The molecule has 0 aromatic heterocycles. The molecule has 1 aromatic carbocycles. The van der Waals surface area contributed by atoms with Crippen LogP contribution in [0.1, 0.15) is 19.3 Å². The highest BCUT2D eigenvalue weighted by atomic mass is 32.2.